The van der Waals surface area contributed by atoms with Gasteiger partial charge in [-0.15, -0.1) is 11.3 Å². The number of thiazole rings is 1. The first-order valence-electron chi connectivity index (χ1n) is 5.78. The Morgan fingerprint density at radius 1 is 1.24 bits per heavy atom. The topological polar surface area (TPSA) is 50.7 Å². The summed E-state index contributed by atoms with van der Waals surface area (Å²) in [6.45, 7) is 1.99. The smallest absolute Gasteiger partial charge is 0.190 e. The number of aryl methyl sites for hydroxylation is 2. The van der Waals surface area contributed by atoms with Crippen LogP contribution in [0.15, 0.2) is 5.38 Å². The van der Waals surface area contributed by atoms with E-state index >= 15 is 0 Å². The van der Waals surface area contributed by atoms with Crippen molar-refractivity contribution in [1.82, 2.24) is 15.0 Å². The van der Waals surface area contributed by atoms with E-state index in [0.717, 1.165) is 35.2 Å². The Labute approximate surface area is 104 Å². The molecular formula is C12H14N4S. The van der Waals surface area contributed by atoms with Gasteiger partial charge in [0, 0.05) is 29.4 Å². The van der Waals surface area contributed by atoms with Crippen LogP contribution in [0.25, 0.3) is 10.8 Å². The van der Waals surface area contributed by atoms with Gasteiger partial charge in [0.25, 0.3) is 0 Å². The van der Waals surface area contributed by atoms with Crippen molar-refractivity contribution in [1.29, 1.82) is 0 Å². The molecule has 88 valence electrons. The van der Waals surface area contributed by atoms with Crippen LogP contribution >= 0.6 is 11.3 Å². The molecule has 1 aliphatic rings. The van der Waals surface area contributed by atoms with E-state index in [0.29, 0.717) is 0 Å². The first kappa shape index (κ1) is 10.7. The number of aromatic nitrogens is 3. The zero-order valence-electron chi connectivity index (χ0n) is 9.95. The lowest BCUT2D eigenvalue weighted by Gasteiger charge is -2.07. The third-order valence-electron chi connectivity index (χ3n) is 2.98. The van der Waals surface area contributed by atoms with E-state index in [1.165, 1.54) is 17.7 Å². The van der Waals surface area contributed by atoms with Crippen molar-refractivity contribution in [3.05, 3.63) is 22.3 Å². The molecule has 0 saturated carbocycles. The Bertz CT molecular complexity index is 562. The summed E-state index contributed by atoms with van der Waals surface area (Å²) in [4.78, 5) is 13.7. The maximum Gasteiger partial charge on any atom is 0.190 e. The van der Waals surface area contributed by atoms with Gasteiger partial charge < -0.3 is 5.32 Å². The number of anilines is 1. The molecule has 0 spiro atoms. The SMILES string of the molecule is CNc1nc(-c2nc(C)cs2)nc2c1CCC2. The minimum absolute atomic E-state index is 0.758. The molecular weight excluding hydrogens is 232 g/mol. The molecule has 0 unspecified atom stereocenters. The van der Waals surface area contributed by atoms with Gasteiger partial charge in [0.2, 0.25) is 0 Å². The van der Waals surface area contributed by atoms with Crippen LogP contribution in [0.5, 0.6) is 0 Å². The molecule has 0 bridgehead atoms. The molecule has 0 saturated heterocycles. The number of hydrogen-bond donors (Lipinski definition) is 1. The fourth-order valence-corrected chi connectivity index (χ4v) is 2.92. The Morgan fingerprint density at radius 3 is 2.82 bits per heavy atom. The summed E-state index contributed by atoms with van der Waals surface area (Å²) < 4.78 is 0. The minimum atomic E-state index is 0.758. The average molecular weight is 246 g/mol. The summed E-state index contributed by atoms with van der Waals surface area (Å²) in [5.41, 5.74) is 3.50. The fraction of sp³-hybridized carbons (Fsp3) is 0.417. The zero-order chi connectivity index (χ0) is 11.8. The third-order valence-corrected chi connectivity index (χ3v) is 3.94. The van der Waals surface area contributed by atoms with E-state index in [4.69, 9.17) is 0 Å². The van der Waals surface area contributed by atoms with Crippen LogP contribution in [-0.2, 0) is 12.8 Å². The van der Waals surface area contributed by atoms with Gasteiger partial charge in [-0.1, -0.05) is 0 Å². The normalized spacial score (nSPS) is 13.8. The summed E-state index contributed by atoms with van der Waals surface area (Å²) in [6.07, 6.45) is 3.33. The first-order chi connectivity index (χ1) is 8.28. The van der Waals surface area contributed by atoms with E-state index in [2.05, 4.69) is 20.3 Å². The van der Waals surface area contributed by atoms with Crippen LogP contribution in [0.2, 0.25) is 0 Å². The van der Waals surface area contributed by atoms with Crippen LogP contribution in [0.3, 0.4) is 0 Å². The second-order valence-corrected chi connectivity index (χ2v) is 5.08. The summed E-state index contributed by atoms with van der Waals surface area (Å²) >= 11 is 1.60. The van der Waals surface area contributed by atoms with Crippen LogP contribution in [0.4, 0.5) is 5.82 Å². The Hall–Kier alpha value is -1.49. The van der Waals surface area contributed by atoms with Gasteiger partial charge in [-0.05, 0) is 26.2 Å². The van der Waals surface area contributed by atoms with Gasteiger partial charge in [0.15, 0.2) is 10.8 Å². The van der Waals surface area contributed by atoms with Crippen LogP contribution < -0.4 is 5.32 Å². The van der Waals surface area contributed by atoms with Crippen molar-refractivity contribution in [3.8, 4) is 10.8 Å². The summed E-state index contributed by atoms with van der Waals surface area (Å²) in [5, 5.41) is 6.11. The second kappa shape index (κ2) is 4.07. The molecule has 1 aliphatic carbocycles. The number of rotatable bonds is 2. The number of fused-ring (bicyclic) bond motifs is 1. The van der Waals surface area contributed by atoms with Gasteiger partial charge in [0.1, 0.15) is 5.82 Å². The van der Waals surface area contributed by atoms with Crippen molar-refractivity contribution in [2.24, 2.45) is 0 Å². The van der Waals surface area contributed by atoms with Crippen LogP contribution in [0.1, 0.15) is 23.4 Å². The summed E-state index contributed by atoms with van der Waals surface area (Å²) in [5.74, 6) is 1.73. The highest BCUT2D eigenvalue weighted by atomic mass is 32.1. The van der Waals surface area contributed by atoms with Gasteiger partial charge in [-0.2, -0.15) is 0 Å². The lowest BCUT2D eigenvalue weighted by molar-refractivity contribution is 0.900. The van der Waals surface area contributed by atoms with Crippen molar-refractivity contribution in [2.75, 3.05) is 12.4 Å². The number of nitrogens with zero attached hydrogens (tertiary/aromatic N) is 3. The molecule has 1 N–H and O–H groups in total. The molecule has 2 aromatic heterocycles. The largest absolute Gasteiger partial charge is 0.373 e. The molecule has 17 heavy (non-hydrogen) atoms. The van der Waals surface area contributed by atoms with Gasteiger partial charge in [-0.3, -0.25) is 0 Å². The predicted octanol–water partition coefficient (Wildman–Crippen LogP) is 2.44. The molecule has 4 nitrogen and oxygen atoms in total. The minimum Gasteiger partial charge on any atom is -0.373 e. The van der Waals surface area contributed by atoms with E-state index in [1.807, 2.05) is 19.4 Å². The number of nitrogens with one attached hydrogen (secondary N) is 1. The molecule has 2 aromatic rings. The molecule has 0 amide bonds. The number of hydrogen-bond acceptors (Lipinski definition) is 5. The molecule has 0 radical (unpaired) electrons. The van der Waals surface area contributed by atoms with E-state index in [-0.39, 0.29) is 0 Å². The van der Waals surface area contributed by atoms with E-state index < -0.39 is 0 Å². The lowest BCUT2D eigenvalue weighted by Crippen LogP contribution is -2.03. The highest BCUT2D eigenvalue weighted by Crippen LogP contribution is 2.29. The molecule has 0 fully saturated rings. The predicted molar refractivity (Wildman–Crippen MR) is 69.4 cm³/mol. The van der Waals surface area contributed by atoms with E-state index in [9.17, 15) is 0 Å². The average Bonchev–Trinajstić information content (AvgIpc) is 2.95. The Kier molecular flexibility index (Phi) is 2.55. The monoisotopic (exact) mass is 246 g/mol. The Balaban J connectivity index is 2.12. The molecule has 3 rings (SSSR count). The maximum atomic E-state index is 4.64. The quantitative estimate of drug-likeness (QED) is 0.884. The highest BCUT2D eigenvalue weighted by Gasteiger charge is 2.20. The van der Waals surface area contributed by atoms with Gasteiger partial charge >= 0.3 is 0 Å². The van der Waals surface area contributed by atoms with Crippen molar-refractivity contribution in [3.63, 3.8) is 0 Å². The lowest BCUT2D eigenvalue weighted by atomic mass is 10.2. The van der Waals surface area contributed by atoms with Gasteiger partial charge in [0.05, 0.1) is 0 Å². The zero-order valence-corrected chi connectivity index (χ0v) is 10.8. The van der Waals surface area contributed by atoms with E-state index in [1.54, 1.807) is 11.3 Å². The molecule has 0 aliphatic heterocycles. The molecule has 2 heterocycles. The van der Waals surface area contributed by atoms with Crippen molar-refractivity contribution in [2.45, 2.75) is 26.2 Å². The van der Waals surface area contributed by atoms with Crippen molar-refractivity contribution >= 4 is 17.2 Å². The van der Waals surface area contributed by atoms with Crippen molar-refractivity contribution < 1.29 is 0 Å². The highest BCUT2D eigenvalue weighted by molar-refractivity contribution is 7.13. The van der Waals surface area contributed by atoms with Crippen LogP contribution in [-0.4, -0.2) is 22.0 Å². The fourth-order valence-electron chi connectivity index (χ4n) is 2.19. The van der Waals surface area contributed by atoms with Crippen LogP contribution in [0, 0.1) is 6.92 Å². The summed E-state index contributed by atoms with van der Waals surface area (Å²) in [6, 6.07) is 0. The summed E-state index contributed by atoms with van der Waals surface area (Å²) in [7, 11) is 1.91. The Morgan fingerprint density at radius 2 is 2.12 bits per heavy atom. The molecule has 0 aromatic carbocycles. The maximum absolute atomic E-state index is 4.64. The second-order valence-electron chi connectivity index (χ2n) is 4.22. The first-order valence-corrected chi connectivity index (χ1v) is 6.66. The van der Waals surface area contributed by atoms with Gasteiger partial charge in [-0.25, -0.2) is 15.0 Å². The standard InChI is InChI=1S/C12H14N4S/c1-7-6-17-12(14-7)11-15-9-5-3-4-8(9)10(13-2)16-11/h6H,3-5H2,1-2H3,(H,13,15,16). The molecule has 5 heteroatoms. The third kappa shape index (κ3) is 1.80. The molecule has 0 atom stereocenters.